The molecule has 3 heterocycles. The van der Waals surface area contributed by atoms with Gasteiger partial charge in [0.05, 0.1) is 18.7 Å². The van der Waals surface area contributed by atoms with Crippen molar-refractivity contribution in [3.8, 4) is 0 Å². The molecule has 1 aliphatic rings. The van der Waals surface area contributed by atoms with Gasteiger partial charge in [-0.3, -0.25) is 4.79 Å². The predicted octanol–water partition coefficient (Wildman–Crippen LogP) is 4.00. The molecule has 0 saturated heterocycles. The number of benzene rings is 1. The molecule has 0 saturated carbocycles. The Balaban J connectivity index is 1.60. The number of carbonyl (C=O) groups excluding carboxylic acids is 1. The minimum atomic E-state index is 0.114. The van der Waals surface area contributed by atoms with E-state index in [0.29, 0.717) is 6.42 Å². The molecule has 0 bridgehead atoms. The summed E-state index contributed by atoms with van der Waals surface area (Å²) in [6.45, 7) is 7.89. The largest absolute Gasteiger partial charge is 0.464 e. The van der Waals surface area contributed by atoms with Crippen LogP contribution in [-0.2, 0) is 17.8 Å². The Kier molecular flexibility index (Phi) is 3.48. The van der Waals surface area contributed by atoms with Crippen LogP contribution >= 0.6 is 0 Å². The molecule has 1 amide bonds. The molecule has 4 rings (SSSR count). The highest BCUT2D eigenvalue weighted by Gasteiger charge is 2.27. The minimum Gasteiger partial charge on any atom is -0.464 e. The molecule has 1 aromatic carbocycles. The van der Waals surface area contributed by atoms with Gasteiger partial charge in [-0.05, 0) is 56.2 Å². The zero-order valence-corrected chi connectivity index (χ0v) is 14.4. The van der Waals surface area contributed by atoms with Gasteiger partial charge in [0, 0.05) is 35.9 Å². The summed E-state index contributed by atoms with van der Waals surface area (Å²) in [4.78, 5) is 14.9. The van der Waals surface area contributed by atoms with Gasteiger partial charge in [0.25, 0.3) is 0 Å². The number of nitrogens with zero attached hydrogens (tertiary/aromatic N) is 2. The Bertz CT molecular complexity index is 919. The number of hydrogen-bond donors (Lipinski definition) is 0. The van der Waals surface area contributed by atoms with Gasteiger partial charge in [0.1, 0.15) is 5.58 Å². The first-order valence-corrected chi connectivity index (χ1v) is 8.46. The molecule has 1 unspecified atom stereocenters. The fraction of sp³-hybridized carbons (Fsp3) is 0.350. The van der Waals surface area contributed by atoms with E-state index in [1.165, 1.54) is 16.8 Å². The molecule has 24 heavy (non-hydrogen) atoms. The van der Waals surface area contributed by atoms with Crippen molar-refractivity contribution in [3.63, 3.8) is 0 Å². The molecular formula is C20H22N2O2. The third-order valence-electron chi connectivity index (χ3n) is 5.27. The van der Waals surface area contributed by atoms with Crippen LogP contribution in [0.3, 0.4) is 0 Å². The van der Waals surface area contributed by atoms with Gasteiger partial charge in [-0.1, -0.05) is 0 Å². The molecule has 0 fully saturated rings. The minimum absolute atomic E-state index is 0.114. The smallest absolute Gasteiger partial charge is 0.227 e. The lowest BCUT2D eigenvalue weighted by molar-refractivity contribution is -0.133. The van der Waals surface area contributed by atoms with Gasteiger partial charge in [-0.15, -0.1) is 0 Å². The standard InChI is InChI=1S/C20H22N2O2/c1-13-9-17-16(12-24-19(17)10-14(13)2)11-20(23)22-8-7-21-6-4-5-18(21)15(22)3/h4-6,9-10,12,15H,7-8,11H2,1-3H3. The Morgan fingerprint density at radius 1 is 1.25 bits per heavy atom. The van der Waals surface area contributed by atoms with Crippen molar-refractivity contribution in [1.82, 2.24) is 9.47 Å². The Labute approximate surface area is 141 Å². The summed E-state index contributed by atoms with van der Waals surface area (Å²) >= 11 is 0. The van der Waals surface area contributed by atoms with Gasteiger partial charge < -0.3 is 13.9 Å². The average molecular weight is 322 g/mol. The van der Waals surface area contributed by atoms with Crippen molar-refractivity contribution >= 4 is 16.9 Å². The van der Waals surface area contributed by atoms with Crippen LogP contribution in [0.1, 0.15) is 35.3 Å². The van der Waals surface area contributed by atoms with Gasteiger partial charge in [0.15, 0.2) is 0 Å². The Hall–Kier alpha value is -2.49. The fourth-order valence-corrected chi connectivity index (χ4v) is 3.66. The number of amides is 1. The molecule has 1 atom stereocenters. The van der Waals surface area contributed by atoms with Crippen LogP contribution in [0.4, 0.5) is 0 Å². The summed E-state index contributed by atoms with van der Waals surface area (Å²) in [6, 6.07) is 8.44. The molecular weight excluding hydrogens is 300 g/mol. The summed E-state index contributed by atoms with van der Waals surface area (Å²) in [7, 11) is 0. The summed E-state index contributed by atoms with van der Waals surface area (Å²) < 4.78 is 7.90. The van der Waals surface area contributed by atoms with Crippen molar-refractivity contribution in [2.75, 3.05) is 6.54 Å². The van der Waals surface area contributed by atoms with Crippen molar-refractivity contribution in [2.24, 2.45) is 0 Å². The van der Waals surface area contributed by atoms with Crippen LogP contribution in [0.15, 0.2) is 41.1 Å². The first-order valence-electron chi connectivity index (χ1n) is 8.46. The second-order valence-electron chi connectivity index (χ2n) is 6.76. The summed E-state index contributed by atoms with van der Waals surface area (Å²) in [5, 5.41) is 1.06. The van der Waals surface area contributed by atoms with E-state index in [1.54, 1.807) is 6.26 Å². The van der Waals surface area contributed by atoms with E-state index in [9.17, 15) is 4.79 Å². The lowest BCUT2D eigenvalue weighted by Crippen LogP contribution is -2.41. The molecule has 1 aliphatic heterocycles. The van der Waals surface area contributed by atoms with Gasteiger partial charge in [-0.25, -0.2) is 0 Å². The molecule has 0 aliphatic carbocycles. The molecule has 4 heteroatoms. The second kappa shape index (κ2) is 5.55. The fourth-order valence-electron chi connectivity index (χ4n) is 3.66. The lowest BCUT2D eigenvalue weighted by Gasteiger charge is -2.35. The third-order valence-corrected chi connectivity index (χ3v) is 5.27. The van der Waals surface area contributed by atoms with Crippen molar-refractivity contribution in [3.05, 3.63) is 59.1 Å². The van der Waals surface area contributed by atoms with Crippen LogP contribution in [0.25, 0.3) is 11.0 Å². The van der Waals surface area contributed by atoms with E-state index in [2.05, 4.69) is 55.8 Å². The van der Waals surface area contributed by atoms with E-state index >= 15 is 0 Å². The maximum atomic E-state index is 12.9. The Morgan fingerprint density at radius 3 is 2.88 bits per heavy atom. The van der Waals surface area contributed by atoms with Crippen LogP contribution in [0.2, 0.25) is 0 Å². The van der Waals surface area contributed by atoms with Crippen LogP contribution < -0.4 is 0 Å². The van der Waals surface area contributed by atoms with E-state index in [1.807, 2.05) is 4.90 Å². The highest BCUT2D eigenvalue weighted by atomic mass is 16.3. The molecule has 0 spiro atoms. The topological polar surface area (TPSA) is 38.4 Å². The molecule has 3 aromatic rings. The maximum absolute atomic E-state index is 12.9. The van der Waals surface area contributed by atoms with Crippen LogP contribution in [0, 0.1) is 13.8 Å². The number of furan rings is 1. The second-order valence-corrected chi connectivity index (χ2v) is 6.76. The molecule has 0 N–H and O–H groups in total. The molecule has 0 radical (unpaired) electrons. The van der Waals surface area contributed by atoms with Crippen LogP contribution in [-0.4, -0.2) is 21.9 Å². The summed E-state index contributed by atoms with van der Waals surface area (Å²) in [5.74, 6) is 0.163. The highest BCUT2D eigenvalue weighted by Crippen LogP contribution is 2.28. The SMILES string of the molecule is Cc1cc2occ(CC(=O)N3CCn4cccc4C3C)c2cc1C. The lowest BCUT2D eigenvalue weighted by atomic mass is 10.0. The Morgan fingerprint density at radius 2 is 2.04 bits per heavy atom. The number of rotatable bonds is 2. The first kappa shape index (κ1) is 15.1. The van der Waals surface area contributed by atoms with Gasteiger partial charge in [-0.2, -0.15) is 0 Å². The van der Waals surface area contributed by atoms with Crippen LogP contribution in [0.5, 0.6) is 0 Å². The molecule has 4 nitrogen and oxygen atoms in total. The number of aryl methyl sites for hydroxylation is 2. The van der Waals surface area contributed by atoms with Gasteiger partial charge in [0.2, 0.25) is 5.91 Å². The number of hydrogen-bond acceptors (Lipinski definition) is 2. The summed E-state index contributed by atoms with van der Waals surface area (Å²) in [5.41, 5.74) is 5.48. The van der Waals surface area contributed by atoms with E-state index < -0.39 is 0 Å². The quantitative estimate of drug-likeness (QED) is 0.715. The third kappa shape index (κ3) is 2.33. The first-order chi connectivity index (χ1) is 11.5. The van der Waals surface area contributed by atoms with E-state index in [-0.39, 0.29) is 11.9 Å². The zero-order chi connectivity index (χ0) is 16.8. The average Bonchev–Trinajstić information content (AvgIpc) is 3.17. The summed E-state index contributed by atoms with van der Waals surface area (Å²) in [6.07, 6.45) is 4.21. The molecule has 124 valence electrons. The normalized spacial score (nSPS) is 17.3. The van der Waals surface area contributed by atoms with E-state index in [0.717, 1.165) is 29.6 Å². The predicted molar refractivity (Wildman–Crippen MR) is 94.0 cm³/mol. The van der Waals surface area contributed by atoms with Crippen molar-refractivity contribution < 1.29 is 9.21 Å². The number of fused-ring (bicyclic) bond motifs is 2. The highest BCUT2D eigenvalue weighted by molar-refractivity contribution is 5.88. The number of carbonyl (C=O) groups is 1. The maximum Gasteiger partial charge on any atom is 0.227 e. The zero-order valence-electron chi connectivity index (χ0n) is 14.4. The van der Waals surface area contributed by atoms with Gasteiger partial charge >= 0.3 is 0 Å². The van der Waals surface area contributed by atoms with Crippen molar-refractivity contribution in [2.45, 2.75) is 39.8 Å². The van der Waals surface area contributed by atoms with E-state index in [4.69, 9.17) is 4.42 Å². The monoisotopic (exact) mass is 322 g/mol. The molecule has 2 aromatic heterocycles. The van der Waals surface area contributed by atoms with Crippen molar-refractivity contribution in [1.29, 1.82) is 0 Å². The number of aromatic nitrogens is 1.